The van der Waals surface area contributed by atoms with Gasteiger partial charge in [0.25, 0.3) is 5.91 Å². The Morgan fingerprint density at radius 3 is 2.60 bits per heavy atom. The van der Waals surface area contributed by atoms with Gasteiger partial charge >= 0.3 is 0 Å². The second kappa shape index (κ2) is 6.81. The van der Waals surface area contributed by atoms with Crippen LogP contribution in [0.2, 0.25) is 5.02 Å². The van der Waals surface area contributed by atoms with Crippen LogP contribution in [-0.2, 0) is 9.59 Å². The van der Waals surface area contributed by atoms with E-state index < -0.39 is 0 Å². The molecule has 30 heavy (non-hydrogen) atoms. The molecule has 2 aromatic carbocycles. The molecule has 6 heteroatoms. The van der Waals surface area contributed by atoms with E-state index in [2.05, 4.69) is 11.4 Å². The molecule has 3 amide bonds. The second-order valence-corrected chi connectivity index (χ2v) is 8.80. The van der Waals surface area contributed by atoms with Crippen molar-refractivity contribution in [1.29, 1.82) is 0 Å². The molecule has 0 spiro atoms. The summed E-state index contributed by atoms with van der Waals surface area (Å²) in [5.74, 6) is -0.828. The van der Waals surface area contributed by atoms with Crippen LogP contribution in [0.4, 0.5) is 11.4 Å². The zero-order valence-corrected chi connectivity index (χ0v) is 17.4. The number of fused-ring (bicyclic) bond motifs is 5. The van der Waals surface area contributed by atoms with E-state index in [0.29, 0.717) is 22.0 Å². The van der Waals surface area contributed by atoms with Gasteiger partial charge in [-0.2, -0.15) is 0 Å². The zero-order valence-electron chi connectivity index (χ0n) is 16.7. The van der Waals surface area contributed by atoms with Crippen molar-refractivity contribution in [2.75, 3.05) is 10.2 Å². The van der Waals surface area contributed by atoms with Crippen LogP contribution in [0.1, 0.15) is 29.3 Å². The van der Waals surface area contributed by atoms with Gasteiger partial charge in [-0.1, -0.05) is 35.4 Å². The summed E-state index contributed by atoms with van der Waals surface area (Å²) in [6.07, 6.45) is 3.05. The number of allylic oxidation sites excluding steroid dienone is 2. The molecule has 1 N–H and O–H groups in total. The number of carbonyl (C=O) groups is 3. The molecule has 2 fully saturated rings. The van der Waals surface area contributed by atoms with Crippen LogP contribution in [-0.4, -0.2) is 17.7 Å². The number of nitrogens with one attached hydrogen (secondary N) is 1. The average molecular weight is 421 g/mol. The van der Waals surface area contributed by atoms with Crippen LogP contribution in [0.15, 0.2) is 54.1 Å². The SMILES string of the molecule is CC1=C[C@@H]2C[C@H]1[C@@H]1C(=O)N(c3cccc(C(=O)Nc4cccc(Cl)c4C)c3)C(=O)[C@H]12. The van der Waals surface area contributed by atoms with Crippen molar-refractivity contribution in [1.82, 2.24) is 0 Å². The fourth-order valence-electron chi connectivity index (χ4n) is 5.25. The molecular weight excluding hydrogens is 400 g/mol. The molecule has 1 heterocycles. The molecule has 0 unspecified atom stereocenters. The first kappa shape index (κ1) is 19.1. The van der Waals surface area contributed by atoms with E-state index in [0.717, 1.165) is 12.0 Å². The monoisotopic (exact) mass is 420 g/mol. The summed E-state index contributed by atoms with van der Waals surface area (Å²) >= 11 is 6.13. The Hall–Kier alpha value is -2.92. The lowest BCUT2D eigenvalue weighted by Crippen LogP contribution is -2.33. The highest BCUT2D eigenvalue weighted by Gasteiger charge is 2.60. The van der Waals surface area contributed by atoms with E-state index in [-0.39, 0.29) is 41.4 Å². The smallest absolute Gasteiger partial charge is 0.255 e. The van der Waals surface area contributed by atoms with Gasteiger partial charge in [0.15, 0.2) is 0 Å². The van der Waals surface area contributed by atoms with Crippen molar-refractivity contribution in [3.63, 3.8) is 0 Å². The van der Waals surface area contributed by atoms with Crippen LogP contribution in [0.25, 0.3) is 0 Å². The molecule has 1 saturated carbocycles. The van der Waals surface area contributed by atoms with Crippen LogP contribution >= 0.6 is 11.6 Å². The van der Waals surface area contributed by atoms with Crippen molar-refractivity contribution < 1.29 is 14.4 Å². The number of benzene rings is 2. The van der Waals surface area contributed by atoms with Gasteiger partial charge < -0.3 is 5.32 Å². The summed E-state index contributed by atoms with van der Waals surface area (Å²) < 4.78 is 0. The van der Waals surface area contributed by atoms with Crippen LogP contribution < -0.4 is 10.2 Å². The predicted octanol–water partition coefficient (Wildman–Crippen LogP) is 4.60. The molecule has 152 valence electrons. The first-order chi connectivity index (χ1) is 14.4. The minimum Gasteiger partial charge on any atom is -0.322 e. The maximum atomic E-state index is 13.2. The molecule has 1 aliphatic heterocycles. The largest absolute Gasteiger partial charge is 0.322 e. The topological polar surface area (TPSA) is 66.5 Å². The number of hydrogen-bond donors (Lipinski definition) is 1. The van der Waals surface area contributed by atoms with E-state index in [1.54, 1.807) is 42.5 Å². The summed E-state index contributed by atoms with van der Waals surface area (Å²) in [7, 11) is 0. The van der Waals surface area contributed by atoms with Gasteiger partial charge in [0.1, 0.15) is 0 Å². The highest BCUT2D eigenvalue weighted by Crippen LogP contribution is 2.55. The van der Waals surface area contributed by atoms with Crippen molar-refractivity contribution in [3.05, 3.63) is 70.3 Å². The van der Waals surface area contributed by atoms with Gasteiger partial charge in [-0.25, -0.2) is 4.90 Å². The molecule has 5 rings (SSSR count). The summed E-state index contributed by atoms with van der Waals surface area (Å²) in [5, 5.41) is 3.43. The molecule has 0 aromatic heterocycles. The lowest BCUT2D eigenvalue weighted by atomic mass is 9.82. The number of imide groups is 1. The summed E-state index contributed by atoms with van der Waals surface area (Å²) in [6.45, 7) is 3.88. The minimum absolute atomic E-state index is 0.145. The normalized spacial score (nSPS) is 26.8. The molecule has 2 aromatic rings. The van der Waals surface area contributed by atoms with Crippen molar-refractivity contribution >= 4 is 40.7 Å². The van der Waals surface area contributed by atoms with E-state index in [4.69, 9.17) is 11.6 Å². The first-order valence-electron chi connectivity index (χ1n) is 10.1. The summed E-state index contributed by atoms with van der Waals surface area (Å²) in [4.78, 5) is 40.3. The lowest BCUT2D eigenvalue weighted by Gasteiger charge is -2.19. The molecule has 1 saturated heterocycles. The third-order valence-corrected chi connectivity index (χ3v) is 7.17. The van der Waals surface area contributed by atoms with Crippen molar-refractivity contribution in [3.8, 4) is 0 Å². The van der Waals surface area contributed by atoms with Crippen molar-refractivity contribution in [2.45, 2.75) is 20.3 Å². The maximum absolute atomic E-state index is 13.2. The Kier molecular flexibility index (Phi) is 4.33. The minimum atomic E-state index is -0.320. The van der Waals surface area contributed by atoms with Gasteiger partial charge in [-0.05, 0) is 68.0 Å². The molecule has 2 bridgehead atoms. The fourth-order valence-corrected chi connectivity index (χ4v) is 5.43. The molecule has 2 aliphatic carbocycles. The van der Waals surface area contributed by atoms with Gasteiger partial charge in [-0.15, -0.1) is 0 Å². The van der Waals surface area contributed by atoms with E-state index in [9.17, 15) is 14.4 Å². The number of nitrogens with zero attached hydrogens (tertiary/aromatic N) is 1. The quantitative estimate of drug-likeness (QED) is 0.582. The Labute approximate surface area is 179 Å². The first-order valence-corrected chi connectivity index (χ1v) is 10.5. The number of rotatable bonds is 3. The fraction of sp³-hybridized carbons (Fsp3) is 0.292. The van der Waals surface area contributed by atoms with Crippen LogP contribution in [0, 0.1) is 30.6 Å². The van der Waals surface area contributed by atoms with Gasteiger partial charge in [0.2, 0.25) is 11.8 Å². The molecule has 5 nitrogen and oxygen atoms in total. The standard InChI is InChI=1S/C24H21ClN2O3/c1-12-9-15-11-17(12)21-20(15)23(29)27(24(21)30)16-6-3-5-14(10-16)22(28)26-19-8-4-7-18(25)13(19)2/h3-10,15,17,20-21H,11H2,1-2H3,(H,26,28)/t15-,17-,20+,21+/m1/s1. The Balaban J connectivity index is 1.42. The third-order valence-electron chi connectivity index (χ3n) is 6.76. The van der Waals surface area contributed by atoms with E-state index in [1.165, 1.54) is 10.5 Å². The number of carbonyl (C=O) groups excluding carboxylic acids is 3. The number of halogens is 1. The van der Waals surface area contributed by atoms with E-state index >= 15 is 0 Å². The molecule has 0 radical (unpaired) electrons. The Morgan fingerprint density at radius 2 is 1.80 bits per heavy atom. The predicted molar refractivity (Wildman–Crippen MR) is 115 cm³/mol. The van der Waals surface area contributed by atoms with Crippen molar-refractivity contribution in [2.24, 2.45) is 23.7 Å². The van der Waals surface area contributed by atoms with Gasteiger partial charge in [-0.3, -0.25) is 14.4 Å². The molecular formula is C24H21ClN2O3. The van der Waals surface area contributed by atoms with E-state index in [1.807, 2.05) is 13.8 Å². The maximum Gasteiger partial charge on any atom is 0.255 e. The highest BCUT2D eigenvalue weighted by atomic mass is 35.5. The summed E-state index contributed by atoms with van der Waals surface area (Å²) in [6, 6.07) is 12.0. The Morgan fingerprint density at radius 1 is 1.07 bits per heavy atom. The average Bonchev–Trinajstić information content (AvgIpc) is 3.36. The Bertz CT molecular complexity index is 1140. The molecule has 4 atom stereocenters. The second-order valence-electron chi connectivity index (χ2n) is 8.40. The highest BCUT2D eigenvalue weighted by molar-refractivity contribution is 6.31. The third kappa shape index (κ3) is 2.72. The van der Waals surface area contributed by atoms with Crippen LogP contribution in [0.5, 0.6) is 0 Å². The van der Waals surface area contributed by atoms with Gasteiger partial charge in [0, 0.05) is 16.3 Å². The lowest BCUT2D eigenvalue weighted by molar-refractivity contribution is -0.123. The number of anilines is 2. The summed E-state index contributed by atoms with van der Waals surface area (Å²) in [5.41, 5.74) is 3.45. The number of amides is 3. The zero-order chi connectivity index (χ0) is 21.2. The van der Waals surface area contributed by atoms with Crippen LogP contribution in [0.3, 0.4) is 0 Å². The number of hydrogen-bond acceptors (Lipinski definition) is 3. The molecule has 3 aliphatic rings. The van der Waals surface area contributed by atoms with Gasteiger partial charge in [0.05, 0.1) is 17.5 Å².